The fourth-order valence-electron chi connectivity index (χ4n) is 4.27. The van der Waals surface area contributed by atoms with Crippen LogP contribution in [0.25, 0.3) is 5.76 Å². The number of ether oxygens (including phenoxy) is 3. The van der Waals surface area contributed by atoms with E-state index in [1.807, 2.05) is 38.1 Å². The van der Waals surface area contributed by atoms with E-state index in [0.29, 0.717) is 48.8 Å². The zero-order chi connectivity index (χ0) is 25.5. The van der Waals surface area contributed by atoms with Crippen LogP contribution in [0.3, 0.4) is 0 Å². The summed E-state index contributed by atoms with van der Waals surface area (Å²) in [7, 11) is 3.14. The molecule has 0 aliphatic carbocycles. The summed E-state index contributed by atoms with van der Waals surface area (Å²) in [4.78, 5) is 27.9. The summed E-state index contributed by atoms with van der Waals surface area (Å²) >= 11 is 0. The fraction of sp³-hybridized carbons (Fsp3) is 0.429. The van der Waals surface area contributed by atoms with Crippen molar-refractivity contribution < 1.29 is 28.9 Å². The van der Waals surface area contributed by atoms with Crippen LogP contribution in [0.2, 0.25) is 0 Å². The minimum Gasteiger partial charge on any atom is -0.507 e. The average Bonchev–Trinajstić information content (AvgIpc) is 3.10. The average molecular weight is 482 g/mol. The van der Waals surface area contributed by atoms with Crippen LogP contribution in [0.1, 0.15) is 54.5 Å². The van der Waals surface area contributed by atoms with Crippen LogP contribution >= 0.6 is 0 Å². The Balaban J connectivity index is 2.13. The Labute approximate surface area is 207 Å². The van der Waals surface area contributed by atoms with Gasteiger partial charge in [-0.15, -0.1) is 0 Å². The first kappa shape index (κ1) is 26.3. The molecular weight excluding hydrogens is 446 g/mol. The molecule has 188 valence electrons. The van der Waals surface area contributed by atoms with Gasteiger partial charge in [0.1, 0.15) is 5.76 Å². The minimum atomic E-state index is -0.759. The van der Waals surface area contributed by atoms with E-state index < -0.39 is 17.7 Å². The Hall–Kier alpha value is -3.32. The molecule has 1 fully saturated rings. The van der Waals surface area contributed by atoms with Crippen LogP contribution in [0.5, 0.6) is 11.5 Å². The van der Waals surface area contributed by atoms with Crippen LogP contribution < -0.4 is 9.47 Å². The molecule has 0 bridgehead atoms. The molecule has 7 heteroatoms. The first-order chi connectivity index (χ1) is 16.8. The number of benzene rings is 2. The van der Waals surface area contributed by atoms with Crippen molar-refractivity contribution in [2.45, 2.75) is 46.1 Å². The fourth-order valence-corrected chi connectivity index (χ4v) is 4.27. The number of likely N-dealkylation sites (tertiary alicyclic amines) is 1. The predicted octanol–water partition coefficient (Wildman–Crippen LogP) is 4.95. The van der Waals surface area contributed by atoms with Crippen molar-refractivity contribution in [1.29, 1.82) is 0 Å². The van der Waals surface area contributed by atoms with E-state index in [9.17, 15) is 14.7 Å². The molecule has 1 N–H and O–H groups in total. The van der Waals surface area contributed by atoms with Crippen molar-refractivity contribution >= 4 is 17.4 Å². The van der Waals surface area contributed by atoms with E-state index in [2.05, 4.69) is 6.92 Å². The number of carbonyl (C=O) groups excluding carboxylic acids is 2. The number of aliphatic hydroxyl groups excluding tert-OH is 1. The third kappa shape index (κ3) is 5.68. The van der Waals surface area contributed by atoms with Crippen LogP contribution in [0.15, 0.2) is 42.0 Å². The lowest BCUT2D eigenvalue weighted by molar-refractivity contribution is -0.140. The van der Waals surface area contributed by atoms with Crippen molar-refractivity contribution in [3.8, 4) is 11.5 Å². The molecule has 1 unspecified atom stereocenters. The normalized spacial score (nSPS) is 17.2. The van der Waals surface area contributed by atoms with Crippen LogP contribution in [-0.4, -0.2) is 55.7 Å². The molecule has 0 saturated carbocycles. The molecule has 0 spiro atoms. The molecule has 0 radical (unpaired) electrons. The first-order valence-electron chi connectivity index (χ1n) is 12.0. The Morgan fingerprint density at radius 3 is 2.46 bits per heavy atom. The van der Waals surface area contributed by atoms with Gasteiger partial charge in [0.2, 0.25) is 0 Å². The lowest BCUT2D eigenvalue weighted by Crippen LogP contribution is -2.31. The molecule has 1 amide bonds. The number of ketones is 1. The maximum Gasteiger partial charge on any atom is 0.295 e. The van der Waals surface area contributed by atoms with E-state index >= 15 is 0 Å². The van der Waals surface area contributed by atoms with Gasteiger partial charge in [-0.2, -0.15) is 0 Å². The van der Waals surface area contributed by atoms with Gasteiger partial charge in [-0.3, -0.25) is 9.59 Å². The minimum absolute atomic E-state index is 0.0721. The highest BCUT2D eigenvalue weighted by atomic mass is 16.5. The zero-order valence-electron chi connectivity index (χ0n) is 21.2. The van der Waals surface area contributed by atoms with Gasteiger partial charge < -0.3 is 24.2 Å². The number of carbonyl (C=O) groups is 2. The largest absolute Gasteiger partial charge is 0.507 e. The number of nitrogens with zero attached hydrogens (tertiary/aromatic N) is 1. The third-order valence-corrected chi connectivity index (χ3v) is 6.19. The lowest BCUT2D eigenvalue weighted by Gasteiger charge is -2.26. The number of hydrogen-bond donors (Lipinski definition) is 1. The summed E-state index contributed by atoms with van der Waals surface area (Å²) in [5.74, 6) is -0.414. The van der Waals surface area contributed by atoms with Crippen molar-refractivity contribution in [1.82, 2.24) is 4.90 Å². The molecule has 1 heterocycles. The third-order valence-electron chi connectivity index (χ3n) is 6.19. The van der Waals surface area contributed by atoms with Crippen molar-refractivity contribution in [2.75, 3.05) is 34.0 Å². The Morgan fingerprint density at radius 2 is 1.77 bits per heavy atom. The van der Waals surface area contributed by atoms with Crippen molar-refractivity contribution in [2.24, 2.45) is 0 Å². The van der Waals surface area contributed by atoms with Gasteiger partial charge in [0.25, 0.3) is 11.7 Å². The van der Waals surface area contributed by atoms with E-state index in [1.54, 1.807) is 26.4 Å². The summed E-state index contributed by atoms with van der Waals surface area (Å²) in [6, 6.07) is 10.3. The summed E-state index contributed by atoms with van der Waals surface area (Å²) in [6.07, 6.45) is 2.48. The van der Waals surface area contributed by atoms with Gasteiger partial charge in [0, 0.05) is 25.8 Å². The van der Waals surface area contributed by atoms with E-state index in [-0.39, 0.29) is 11.3 Å². The number of methoxy groups -OCH3 is 2. The number of aryl methyl sites for hydroxylation is 2. The molecular formula is C28H35NO6. The van der Waals surface area contributed by atoms with Crippen LogP contribution in [-0.2, 0) is 14.3 Å². The Bertz CT molecular complexity index is 1110. The number of rotatable bonds is 11. The van der Waals surface area contributed by atoms with Gasteiger partial charge in [-0.25, -0.2) is 0 Å². The highest BCUT2D eigenvalue weighted by Gasteiger charge is 2.46. The van der Waals surface area contributed by atoms with E-state index in [1.165, 1.54) is 4.90 Å². The number of unbranched alkanes of at least 4 members (excludes halogenated alkanes) is 1. The monoisotopic (exact) mass is 481 g/mol. The van der Waals surface area contributed by atoms with E-state index in [4.69, 9.17) is 14.2 Å². The van der Waals surface area contributed by atoms with E-state index in [0.717, 1.165) is 24.0 Å². The second-order valence-electron chi connectivity index (χ2n) is 8.77. The molecule has 0 aromatic heterocycles. The number of amides is 1. The predicted molar refractivity (Wildman–Crippen MR) is 135 cm³/mol. The molecule has 1 aliphatic rings. The SMILES string of the molecule is CCCCOc1ccc(C2C(=C(O)c3cc(C)ccc3C)C(=O)C(=O)N2CCCOC)cc1OC. The van der Waals surface area contributed by atoms with Crippen LogP contribution in [0.4, 0.5) is 0 Å². The zero-order valence-corrected chi connectivity index (χ0v) is 21.2. The quantitative estimate of drug-likeness (QED) is 0.212. The summed E-state index contributed by atoms with van der Waals surface area (Å²) in [5, 5.41) is 11.4. The number of Topliss-reactive ketones (excluding diaryl/α,β-unsaturated/α-hetero) is 1. The summed E-state index contributed by atoms with van der Waals surface area (Å²) in [5.41, 5.74) is 3.03. The Kier molecular flexibility index (Phi) is 8.93. The molecule has 1 saturated heterocycles. The number of hydrogen-bond acceptors (Lipinski definition) is 6. The molecule has 3 rings (SSSR count). The summed E-state index contributed by atoms with van der Waals surface area (Å²) in [6.45, 7) is 7.19. The second-order valence-corrected chi connectivity index (χ2v) is 8.77. The molecule has 35 heavy (non-hydrogen) atoms. The molecule has 7 nitrogen and oxygen atoms in total. The van der Waals surface area contributed by atoms with Gasteiger partial charge in [0.15, 0.2) is 11.5 Å². The van der Waals surface area contributed by atoms with Crippen molar-refractivity contribution in [3.63, 3.8) is 0 Å². The maximum absolute atomic E-state index is 13.2. The van der Waals surface area contributed by atoms with Gasteiger partial charge in [0.05, 0.1) is 25.3 Å². The van der Waals surface area contributed by atoms with Crippen molar-refractivity contribution in [3.05, 3.63) is 64.2 Å². The first-order valence-corrected chi connectivity index (χ1v) is 12.0. The maximum atomic E-state index is 13.2. The van der Waals surface area contributed by atoms with Crippen LogP contribution in [0, 0.1) is 13.8 Å². The smallest absolute Gasteiger partial charge is 0.295 e. The standard InChI is InChI=1S/C28H35NO6/c1-6-7-15-35-22-12-11-20(17-23(22)34-5)25-24(26(30)21-16-18(2)9-10-19(21)3)27(31)28(32)29(25)13-8-14-33-4/h9-12,16-17,25,30H,6-8,13-15H2,1-5H3. The highest BCUT2D eigenvalue weighted by Crippen LogP contribution is 2.42. The second kappa shape index (κ2) is 11.9. The molecule has 2 aromatic rings. The number of aliphatic hydroxyl groups is 1. The van der Waals surface area contributed by atoms with Gasteiger partial charge in [-0.05, 0) is 56.0 Å². The molecule has 1 atom stereocenters. The topological polar surface area (TPSA) is 85.3 Å². The lowest BCUT2D eigenvalue weighted by atomic mass is 9.93. The molecule has 2 aromatic carbocycles. The summed E-state index contributed by atoms with van der Waals surface area (Å²) < 4.78 is 16.6. The van der Waals surface area contributed by atoms with Gasteiger partial charge in [-0.1, -0.05) is 37.1 Å². The van der Waals surface area contributed by atoms with Gasteiger partial charge >= 0.3 is 0 Å². The highest BCUT2D eigenvalue weighted by molar-refractivity contribution is 6.46. The Morgan fingerprint density at radius 1 is 1.00 bits per heavy atom. The molecule has 1 aliphatic heterocycles.